The third kappa shape index (κ3) is 8.12. The quantitative estimate of drug-likeness (QED) is 0.0924. The van der Waals surface area contributed by atoms with Crippen molar-refractivity contribution in [3.63, 3.8) is 0 Å². The number of benzene rings is 4. The van der Waals surface area contributed by atoms with Crippen LogP contribution in [0.1, 0.15) is 77.8 Å². The van der Waals surface area contributed by atoms with Crippen LogP contribution in [0.4, 0.5) is 9.59 Å². The standard InChI is InChI=1S/C51H50N8O8/c1-5-29-17-39(59(25-29)49(61)45(57-51(63)65-4)31-14-10-7-11-15-31)47-53-23-37(55-47)33-19-35-27-66-40-20-32(18-34-26-67-41(21-33)43(35)42(34)40)36-22-52-46(54-36)38-16-28(2)24-58(38)48(60)44(56-50(62)64-3)30-12-8-6-9-13-30/h5-15,18-23,28-29,38-39,44-45H,1,16-17,24-27H2,2-4H3,(H,52,54)(H,53,55)(H,56,62)(H,57,63)/t28-,29-,38-,39-,44+,45+/m0/s1. The molecular formula is C51H50N8O8. The molecule has 0 aliphatic carbocycles. The van der Waals surface area contributed by atoms with Crippen molar-refractivity contribution >= 4 is 24.0 Å². The Labute approximate surface area is 386 Å². The number of hydrogen-bond donors (Lipinski definition) is 4. The molecule has 16 heteroatoms. The van der Waals surface area contributed by atoms with Gasteiger partial charge in [-0.05, 0) is 60.1 Å². The Bertz CT molecular complexity index is 2830. The van der Waals surface area contributed by atoms with Crippen LogP contribution in [0.5, 0.6) is 11.5 Å². The monoisotopic (exact) mass is 902 g/mol. The van der Waals surface area contributed by atoms with E-state index in [0.717, 1.165) is 56.3 Å². The molecule has 4 aliphatic rings. The first kappa shape index (κ1) is 43.0. The Morgan fingerprint density at radius 3 is 1.63 bits per heavy atom. The van der Waals surface area contributed by atoms with Crippen LogP contribution in [0.15, 0.2) is 110 Å². The van der Waals surface area contributed by atoms with Crippen LogP contribution in [-0.4, -0.2) is 81.0 Å². The number of carbonyl (C=O) groups is 4. The lowest BCUT2D eigenvalue weighted by atomic mass is 9.87. The first-order valence-electron chi connectivity index (χ1n) is 22.3. The van der Waals surface area contributed by atoms with E-state index in [4.69, 9.17) is 28.9 Å². The van der Waals surface area contributed by atoms with Crippen molar-refractivity contribution in [1.82, 2.24) is 40.4 Å². The summed E-state index contributed by atoms with van der Waals surface area (Å²) in [5, 5.41) is 5.46. The molecule has 342 valence electrons. The Morgan fingerprint density at radius 1 is 0.701 bits per heavy atom. The van der Waals surface area contributed by atoms with Gasteiger partial charge >= 0.3 is 12.2 Å². The summed E-state index contributed by atoms with van der Waals surface area (Å²) in [5.41, 5.74) is 8.47. The fraction of sp³-hybridized carbons (Fsp3) is 0.294. The van der Waals surface area contributed by atoms with Gasteiger partial charge in [0.15, 0.2) is 0 Å². The van der Waals surface area contributed by atoms with Gasteiger partial charge < -0.3 is 49.3 Å². The van der Waals surface area contributed by atoms with Gasteiger partial charge in [0, 0.05) is 46.5 Å². The van der Waals surface area contributed by atoms with E-state index in [-0.39, 0.29) is 29.7 Å². The van der Waals surface area contributed by atoms with Crippen LogP contribution in [0, 0.1) is 11.8 Å². The van der Waals surface area contributed by atoms with Gasteiger partial charge in [-0.3, -0.25) is 9.59 Å². The molecule has 4 N–H and O–H groups in total. The molecule has 67 heavy (non-hydrogen) atoms. The van der Waals surface area contributed by atoms with Gasteiger partial charge in [-0.1, -0.05) is 73.7 Å². The maximum absolute atomic E-state index is 14.3. The number of nitrogens with zero attached hydrogens (tertiary/aromatic N) is 4. The number of carbonyl (C=O) groups excluding carboxylic acids is 4. The normalized spacial score (nSPS) is 19.9. The number of imidazole rings is 2. The van der Waals surface area contributed by atoms with Gasteiger partial charge in [-0.2, -0.15) is 0 Å². The summed E-state index contributed by atoms with van der Waals surface area (Å²) < 4.78 is 22.7. The maximum Gasteiger partial charge on any atom is 0.407 e. The van der Waals surface area contributed by atoms with Crippen LogP contribution < -0.4 is 20.1 Å². The second-order valence-corrected chi connectivity index (χ2v) is 17.5. The number of aromatic amines is 2. The minimum Gasteiger partial charge on any atom is -0.488 e. The molecule has 2 fully saturated rings. The van der Waals surface area contributed by atoms with Crippen LogP contribution in [0.2, 0.25) is 0 Å². The molecular weight excluding hydrogens is 853 g/mol. The Hall–Kier alpha value is -7.88. The van der Waals surface area contributed by atoms with Gasteiger partial charge in [0.25, 0.3) is 11.8 Å². The summed E-state index contributed by atoms with van der Waals surface area (Å²) in [7, 11) is 2.55. The molecule has 2 saturated heterocycles. The van der Waals surface area contributed by atoms with Crippen molar-refractivity contribution in [1.29, 1.82) is 0 Å². The SMILES string of the molecule is C=C[C@H]1C[C@@H](c2ncc(-c3cc4c5c(c3)OCc3cc(-c6cnc([C@@H]7C[C@H](C)CN7C(=O)[C@H](NC(=O)OC)c7ccccc7)[nH]6)cc(c3-5)OC4)[nH]2)N(C(=O)[C@H](NC(=O)OC)c2ccccc2)C1. The van der Waals surface area contributed by atoms with E-state index in [9.17, 15) is 19.2 Å². The smallest absolute Gasteiger partial charge is 0.407 e. The molecule has 0 bridgehead atoms. The average Bonchev–Trinajstić information content (AvgIpc) is 4.21. The Kier molecular flexibility index (Phi) is 11.5. The lowest BCUT2D eigenvalue weighted by molar-refractivity contribution is -0.135. The lowest BCUT2D eigenvalue weighted by Crippen LogP contribution is -2.43. The minimum absolute atomic E-state index is 0.0227. The molecule has 0 unspecified atom stereocenters. The predicted octanol–water partition coefficient (Wildman–Crippen LogP) is 8.10. The first-order valence-corrected chi connectivity index (χ1v) is 22.3. The number of nitrogens with one attached hydrogen (secondary N) is 4. The number of ether oxygens (including phenoxy) is 4. The third-order valence-electron chi connectivity index (χ3n) is 13.2. The molecule has 6 aromatic rings. The topological polar surface area (TPSA) is 193 Å². The zero-order chi connectivity index (χ0) is 46.3. The molecule has 6 atom stereocenters. The van der Waals surface area contributed by atoms with E-state index in [1.165, 1.54) is 14.2 Å². The van der Waals surface area contributed by atoms with Crippen LogP contribution >= 0.6 is 0 Å². The van der Waals surface area contributed by atoms with E-state index in [0.29, 0.717) is 61.9 Å². The molecule has 10 rings (SSSR count). The Balaban J connectivity index is 0.896. The predicted molar refractivity (Wildman–Crippen MR) is 246 cm³/mol. The second-order valence-electron chi connectivity index (χ2n) is 17.5. The summed E-state index contributed by atoms with van der Waals surface area (Å²) in [4.78, 5) is 73.5. The molecule has 2 aromatic heterocycles. The minimum atomic E-state index is -0.956. The zero-order valence-corrected chi connectivity index (χ0v) is 37.3. The number of amides is 4. The number of aromatic nitrogens is 4. The van der Waals surface area contributed by atoms with Gasteiger partial charge in [-0.15, -0.1) is 6.58 Å². The van der Waals surface area contributed by atoms with Crippen molar-refractivity contribution in [2.75, 3.05) is 27.3 Å². The van der Waals surface area contributed by atoms with Crippen molar-refractivity contribution < 1.29 is 38.1 Å². The molecule has 4 amide bonds. The number of alkyl carbamates (subject to hydrolysis) is 2. The molecule has 0 radical (unpaired) electrons. The Morgan fingerprint density at radius 2 is 1.16 bits per heavy atom. The molecule has 6 heterocycles. The van der Waals surface area contributed by atoms with E-state index < -0.39 is 30.3 Å². The number of likely N-dealkylation sites (tertiary alicyclic amines) is 2. The maximum atomic E-state index is 14.3. The van der Waals surface area contributed by atoms with Crippen molar-refractivity contribution in [2.45, 2.75) is 57.1 Å². The number of methoxy groups -OCH3 is 2. The summed E-state index contributed by atoms with van der Waals surface area (Å²) in [6, 6.07) is 23.9. The number of H-pyrrole nitrogens is 2. The third-order valence-corrected chi connectivity index (χ3v) is 13.2. The molecule has 0 spiro atoms. The number of rotatable bonds is 11. The summed E-state index contributed by atoms with van der Waals surface area (Å²) in [6.07, 6.45) is 5.33. The van der Waals surface area contributed by atoms with Crippen molar-refractivity contribution in [2.24, 2.45) is 11.8 Å². The van der Waals surface area contributed by atoms with Crippen molar-refractivity contribution in [3.8, 4) is 45.1 Å². The van der Waals surface area contributed by atoms with Crippen molar-refractivity contribution in [3.05, 3.63) is 144 Å². The molecule has 16 nitrogen and oxygen atoms in total. The van der Waals surface area contributed by atoms with Gasteiger partial charge in [0.05, 0.1) is 50.1 Å². The molecule has 4 aliphatic heterocycles. The highest BCUT2D eigenvalue weighted by atomic mass is 16.5. The van der Waals surface area contributed by atoms with Crippen LogP contribution in [-0.2, 0) is 32.3 Å². The summed E-state index contributed by atoms with van der Waals surface area (Å²) >= 11 is 0. The van der Waals surface area contributed by atoms with E-state index in [1.807, 2.05) is 66.7 Å². The lowest BCUT2D eigenvalue weighted by Gasteiger charge is -2.30. The second kappa shape index (κ2) is 17.8. The highest BCUT2D eigenvalue weighted by molar-refractivity contribution is 5.90. The van der Waals surface area contributed by atoms with Gasteiger partial charge in [0.2, 0.25) is 0 Å². The van der Waals surface area contributed by atoms with Crippen LogP contribution in [0.25, 0.3) is 33.6 Å². The summed E-state index contributed by atoms with van der Waals surface area (Å²) in [6.45, 7) is 7.67. The fourth-order valence-electron chi connectivity index (χ4n) is 9.94. The largest absolute Gasteiger partial charge is 0.488 e. The average molecular weight is 903 g/mol. The zero-order valence-electron chi connectivity index (χ0n) is 37.3. The summed E-state index contributed by atoms with van der Waals surface area (Å²) in [5.74, 6) is 2.46. The van der Waals surface area contributed by atoms with Gasteiger partial charge in [-0.25, -0.2) is 19.6 Å². The first-order chi connectivity index (χ1) is 32.6. The molecule has 0 saturated carbocycles. The van der Waals surface area contributed by atoms with E-state index in [2.05, 4.69) is 46.2 Å². The number of hydrogen-bond acceptors (Lipinski definition) is 10. The van der Waals surface area contributed by atoms with E-state index >= 15 is 0 Å². The highest BCUT2D eigenvalue weighted by Crippen LogP contribution is 2.51. The van der Waals surface area contributed by atoms with Crippen LogP contribution in [0.3, 0.4) is 0 Å². The molecule has 4 aromatic carbocycles. The van der Waals surface area contributed by atoms with Gasteiger partial charge in [0.1, 0.15) is 48.4 Å². The highest BCUT2D eigenvalue weighted by Gasteiger charge is 2.42. The fourth-order valence-corrected chi connectivity index (χ4v) is 9.94. The van der Waals surface area contributed by atoms with E-state index in [1.54, 1.807) is 34.3 Å².